The molecule has 100 valence electrons. The number of hydrogen-bond acceptors (Lipinski definition) is 3. The van der Waals surface area contributed by atoms with Gasteiger partial charge in [0.15, 0.2) is 0 Å². The van der Waals surface area contributed by atoms with Gasteiger partial charge in [0.1, 0.15) is 4.47 Å². The second kappa shape index (κ2) is 5.75. The van der Waals surface area contributed by atoms with Gasteiger partial charge in [0.05, 0.1) is 17.9 Å². The van der Waals surface area contributed by atoms with Crippen molar-refractivity contribution in [2.24, 2.45) is 7.05 Å². The van der Waals surface area contributed by atoms with Crippen LogP contribution in [0.15, 0.2) is 39.7 Å². The molecule has 0 amide bonds. The molecule has 0 fully saturated rings. The highest BCUT2D eigenvalue weighted by Crippen LogP contribution is 2.27. The summed E-state index contributed by atoms with van der Waals surface area (Å²) in [5, 5.41) is 7.91. The predicted octanol–water partition coefficient (Wildman–Crippen LogP) is 3.37. The molecular weight excluding hydrogens is 330 g/mol. The summed E-state index contributed by atoms with van der Waals surface area (Å²) < 4.78 is 1.74. The number of anilines is 1. The van der Waals surface area contributed by atoms with E-state index in [1.807, 2.05) is 31.2 Å². The first-order valence-electron chi connectivity index (χ1n) is 5.73. The number of aromatic nitrogens is 2. The van der Waals surface area contributed by atoms with E-state index in [1.54, 1.807) is 13.2 Å². The Morgan fingerprint density at radius 2 is 2.11 bits per heavy atom. The summed E-state index contributed by atoms with van der Waals surface area (Å²) in [5.74, 6) is 0. The molecule has 0 spiro atoms. The number of nitrogens with one attached hydrogen (secondary N) is 1. The Labute approximate surface area is 124 Å². The number of rotatable bonds is 3. The zero-order valence-corrected chi connectivity index (χ0v) is 12.9. The summed E-state index contributed by atoms with van der Waals surface area (Å²) in [7, 11) is 1.61. The number of halogens is 2. The van der Waals surface area contributed by atoms with Gasteiger partial charge in [-0.3, -0.25) is 4.79 Å². The number of hydrogen-bond donors (Lipinski definition) is 1. The lowest BCUT2D eigenvalue weighted by atomic mass is 10.1. The van der Waals surface area contributed by atoms with Crippen LogP contribution in [0.4, 0.5) is 5.69 Å². The lowest BCUT2D eigenvalue weighted by molar-refractivity contribution is 0.701. The molecule has 2 aromatic rings. The van der Waals surface area contributed by atoms with Gasteiger partial charge in [-0.2, -0.15) is 5.10 Å². The molecule has 4 nitrogen and oxygen atoms in total. The molecular formula is C13H13BrClN3O. The Hall–Kier alpha value is -1.33. The summed E-state index contributed by atoms with van der Waals surface area (Å²) in [6.45, 7) is 1.98. The van der Waals surface area contributed by atoms with Gasteiger partial charge in [-0.1, -0.05) is 29.8 Å². The molecule has 2 rings (SSSR count). The minimum absolute atomic E-state index is 0.0288. The minimum atomic E-state index is -0.184. The highest BCUT2D eigenvalue weighted by molar-refractivity contribution is 9.10. The zero-order valence-electron chi connectivity index (χ0n) is 10.5. The van der Waals surface area contributed by atoms with Gasteiger partial charge in [-0.05, 0) is 34.5 Å². The quantitative estimate of drug-likeness (QED) is 0.930. The van der Waals surface area contributed by atoms with Crippen LogP contribution in [0, 0.1) is 0 Å². The van der Waals surface area contributed by atoms with E-state index in [2.05, 4.69) is 26.3 Å². The largest absolute Gasteiger partial charge is 0.376 e. The maximum atomic E-state index is 11.8. The second-order valence-corrected chi connectivity index (χ2v) is 5.39. The fourth-order valence-electron chi connectivity index (χ4n) is 1.75. The fourth-order valence-corrected chi connectivity index (χ4v) is 2.52. The van der Waals surface area contributed by atoms with E-state index in [0.717, 1.165) is 5.56 Å². The molecule has 0 aliphatic rings. The maximum absolute atomic E-state index is 11.8. The summed E-state index contributed by atoms with van der Waals surface area (Å²) in [4.78, 5) is 11.8. The van der Waals surface area contributed by atoms with Crippen molar-refractivity contribution >= 4 is 33.2 Å². The molecule has 1 aromatic heterocycles. The summed E-state index contributed by atoms with van der Waals surface area (Å²) in [5.41, 5.74) is 1.43. The van der Waals surface area contributed by atoms with E-state index in [1.165, 1.54) is 4.68 Å². The first kappa shape index (κ1) is 14.1. The van der Waals surface area contributed by atoms with E-state index in [-0.39, 0.29) is 11.6 Å². The minimum Gasteiger partial charge on any atom is -0.376 e. The SMILES string of the molecule is CC(Nc1cnn(C)c(=O)c1Br)c1ccccc1Cl. The van der Waals surface area contributed by atoms with Crippen LogP contribution < -0.4 is 10.9 Å². The Morgan fingerprint density at radius 1 is 1.42 bits per heavy atom. The van der Waals surface area contributed by atoms with Gasteiger partial charge in [0.25, 0.3) is 5.56 Å². The van der Waals surface area contributed by atoms with Crippen molar-refractivity contribution in [3.63, 3.8) is 0 Å². The van der Waals surface area contributed by atoms with Crippen molar-refractivity contribution in [3.8, 4) is 0 Å². The van der Waals surface area contributed by atoms with E-state index >= 15 is 0 Å². The molecule has 0 radical (unpaired) electrons. The van der Waals surface area contributed by atoms with Gasteiger partial charge in [0.2, 0.25) is 0 Å². The van der Waals surface area contributed by atoms with Crippen LogP contribution >= 0.6 is 27.5 Å². The molecule has 0 aliphatic heterocycles. The van der Waals surface area contributed by atoms with Crippen LogP contribution in [0.1, 0.15) is 18.5 Å². The Balaban J connectivity index is 2.30. The number of benzene rings is 1. The molecule has 0 bridgehead atoms. The lowest BCUT2D eigenvalue weighted by Crippen LogP contribution is -2.22. The topological polar surface area (TPSA) is 46.9 Å². The monoisotopic (exact) mass is 341 g/mol. The first-order valence-corrected chi connectivity index (χ1v) is 6.90. The van der Waals surface area contributed by atoms with E-state index in [4.69, 9.17) is 11.6 Å². The third-order valence-electron chi connectivity index (χ3n) is 2.82. The molecule has 1 N–H and O–H groups in total. The average Bonchev–Trinajstić information content (AvgIpc) is 2.40. The van der Waals surface area contributed by atoms with Gasteiger partial charge < -0.3 is 5.32 Å². The Kier molecular flexibility index (Phi) is 4.27. The van der Waals surface area contributed by atoms with Crippen LogP contribution in [0.25, 0.3) is 0 Å². The molecule has 1 atom stereocenters. The zero-order chi connectivity index (χ0) is 14.0. The van der Waals surface area contributed by atoms with Crippen molar-refractivity contribution in [2.75, 3.05) is 5.32 Å². The van der Waals surface area contributed by atoms with Crippen molar-refractivity contribution in [1.82, 2.24) is 9.78 Å². The lowest BCUT2D eigenvalue weighted by Gasteiger charge is -2.17. The average molecular weight is 343 g/mol. The highest BCUT2D eigenvalue weighted by atomic mass is 79.9. The van der Waals surface area contributed by atoms with E-state index in [9.17, 15) is 4.79 Å². The van der Waals surface area contributed by atoms with Crippen molar-refractivity contribution in [3.05, 3.63) is 55.9 Å². The van der Waals surface area contributed by atoms with Crippen LogP contribution in [0.3, 0.4) is 0 Å². The van der Waals surface area contributed by atoms with Gasteiger partial charge in [0, 0.05) is 12.1 Å². The van der Waals surface area contributed by atoms with E-state index in [0.29, 0.717) is 15.2 Å². The molecule has 0 aliphatic carbocycles. The van der Waals surface area contributed by atoms with Gasteiger partial charge >= 0.3 is 0 Å². The number of aryl methyl sites for hydroxylation is 1. The standard InChI is InChI=1S/C13H13BrClN3O/c1-8(9-5-3-4-6-10(9)15)17-11-7-16-18(2)13(19)12(11)14/h3-8,17H,1-2H3. The molecule has 6 heteroatoms. The molecule has 1 unspecified atom stereocenters. The normalized spacial score (nSPS) is 12.2. The van der Waals surface area contributed by atoms with Crippen LogP contribution in [0.2, 0.25) is 5.02 Å². The summed E-state index contributed by atoms with van der Waals surface area (Å²) in [6.07, 6.45) is 1.61. The predicted molar refractivity (Wildman–Crippen MR) is 80.7 cm³/mol. The van der Waals surface area contributed by atoms with Crippen LogP contribution in [-0.4, -0.2) is 9.78 Å². The smallest absolute Gasteiger partial charge is 0.282 e. The maximum Gasteiger partial charge on any atom is 0.282 e. The van der Waals surface area contributed by atoms with Gasteiger partial charge in [-0.15, -0.1) is 0 Å². The van der Waals surface area contributed by atoms with Crippen LogP contribution in [0.5, 0.6) is 0 Å². The Bertz CT molecular complexity index is 657. The Morgan fingerprint density at radius 3 is 2.79 bits per heavy atom. The van der Waals surface area contributed by atoms with Crippen molar-refractivity contribution < 1.29 is 0 Å². The molecule has 0 saturated heterocycles. The van der Waals surface area contributed by atoms with Crippen molar-refractivity contribution in [1.29, 1.82) is 0 Å². The first-order chi connectivity index (χ1) is 9.00. The third kappa shape index (κ3) is 2.98. The third-order valence-corrected chi connectivity index (χ3v) is 3.93. The van der Waals surface area contributed by atoms with Gasteiger partial charge in [-0.25, -0.2) is 4.68 Å². The summed E-state index contributed by atoms with van der Waals surface area (Å²) in [6, 6.07) is 7.57. The van der Waals surface area contributed by atoms with Crippen molar-refractivity contribution in [2.45, 2.75) is 13.0 Å². The molecule has 0 saturated carbocycles. The molecule has 19 heavy (non-hydrogen) atoms. The van der Waals surface area contributed by atoms with E-state index < -0.39 is 0 Å². The van der Waals surface area contributed by atoms with Crippen LogP contribution in [-0.2, 0) is 7.05 Å². The molecule has 1 aromatic carbocycles. The second-order valence-electron chi connectivity index (χ2n) is 4.19. The highest BCUT2D eigenvalue weighted by Gasteiger charge is 2.12. The fraction of sp³-hybridized carbons (Fsp3) is 0.231. The molecule has 1 heterocycles. The summed E-state index contributed by atoms with van der Waals surface area (Å²) >= 11 is 9.43. The number of nitrogens with zero attached hydrogens (tertiary/aromatic N) is 2.